The Kier molecular flexibility index (Phi) is 8.14. The van der Waals surface area contributed by atoms with E-state index in [2.05, 4.69) is 19.2 Å². The average molecular weight is 384 g/mol. The van der Waals surface area contributed by atoms with E-state index in [0.29, 0.717) is 11.6 Å². The van der Waals surface area contributed by atoms with Crippen LogP contribution >= 0.6 is 11.8 Å². The molecule has 4 nitrogen and oxygen atoms in total. The van der Waals surface area contributed by atoms with E-state index in [1.807, 2.05) is 54.8 Å². The number of benzene rings is 2. The number of amides is 1. The molecule has 0 aromatic heterocycles. The molecule has 1 N–H and O–H groups in total. The van der Waals surface area contributed by atoms with Crippen molar-refractivity contribution in [2.75, 3.05) is 18.2 Å². The van der Waals surface area contributed by atoms with Gasteiger partial charge in [0.15, 0.2) is 6.61 Å². The molecule has 2 aromatic carbocycles. The molecule has 0 spiro atoms. The fraction of sp³-hybridized carbons (Fsp3) is 0.273. The van der Waals surface area contributed by atoms with E-state index < -0.39 is 5.97 Å². The molecule has 27 heavy (non-hydrogen) atoms. The van der Waals surface area contributed by atoms with Crippen LogP contribution in [0.25, 0.3) is 6.08 Å². The molecule has 0 radical (unpaired) electrons. The first-order valence-corrected chi connectivity index (χ1v) is 10.1. The molecule has 0 aliphatic heterocycles. The number of rotatable bonds is 8. The summed E-state index contributed by atoms with van der Waals surface area (Å²) < 4.78 is 4.98. The van der Waals surface area contributed by atoms with Gasteiger partial charge in [0, 0.05) is 16.7 Å². The van der Waals surface area contributed by atoms with E-state index in [1.54, 1.807) is 17.8 Å². The van der Waals surface area contributed by atoms with Crippen molar-refractivity contribution in [2.45, 2.75) is 31.1 Å². The second-order valence-electron chi connectivity index (χ2n) is 6.19. The number of carbonyl (C=O) groups excluding carboxylic acids is 2. The monoisotopic (exact) mass is 383 g/mol. The first-order chi connectivity index (χ1) is 13.0. The maximum atomic E-state index is 11.9. The van der Waals surface area contributed by atoms with Gasteiger partial charge in [-0.25, -0.2) is 4.79 Å². The van der Waals surface area contributed by atoms with E-state index in [-0.39, 0.29) is 12.5 Å². The summed E-state index contributed by atoms with van der Waals surface area (Å²) in [5, 5.41) is 2.73. The molecule has 0 aliphatic rings. The summed E-state index contributed by atoms with van der Waals surface area (Å²) in [6.07, 6.45) is 6.06. The van der Waals surface area contributed by atoms with Gasteiger partial charge in [-0.15, -0.1) is 11.8 Å². The van der Waals surface area contributed by atoms with Crippen molar-refractivity contribution < 1.29 is 14.3 Å². The zero-order chi connectivity index (χ0) is 19.6. The first-order valence-electron chi connectivity index (χ1n) is 8.90. The van der Waals surface area contributed by atoms with Crippen LogP contribution in [-0.4, -0.2) is 24.7 Å². The third-order valence-electron chi connectivity index (χ3n) is 4.25. The maximum absolute atomic E-state index is 11.9. The summed E-state index contributed by atoms with van der Waals surface area (Å²) in [4.78, 5) is 24.8. The van der Waals surface area contributed by atoms with Crippen molar-refractivity contribution in [3.8, 4) is 0 Å². The lowest BCUT2D eigenvalue weighted by molar-refractivity contribution is -0.142. The summed E-state index contributed by atoms with van der Waals surface area (Å²) in [5.41, 5.74) is 2.82. The van der Waals surface area contributed by atoms with Crippen LogP contribution in [0.2, 0.25) is 0 Å². The van der Waals surface area contributed by atoms with Crippen LogP contribution in [0.1, 0.15) is 37.3 Å². The molecule has 0 unspecified atom stereocenters. The number of ether oxygens (including phenoxy) is 1. The van der Waals surface area contributed by atoms with Gasteiger partial charge in [-0.05, 0) is 60.1 Å². The topological polar surface area (TPSA) is 55.4 Å². The number of hydrogen-bond donors (Lipinski definition) is 1. The van der Waals surface area contributed by atoms with Crippen molar-refractivity contribution in [1.82, 2.24) is 0 Å². The van der Waals surface area contributed by atoms with Crippen molar-refractivity contribution in [2.24, 2.45) is 0 Å². The fourth-order valence-corrected chi connectivity index (χ4v) is 2.80. The highest BCUT2D eigenvalue weighted by Gasteiger charge is 2.07. The number of hydrogen-bond acceptors (Lipinski definition) is 4. The third kappa shape index (κ3) is 6.94. The molecule has 0 fully saturated rings. The molecule has 0 saturated carbocycles. The SMILES string of the molecule is CC[C@@H](C)c1ccc(NC(=O)COC(=O)/C=C/c2ccc(SC)cc2)cc1. The molecule has 5 heteroatoms. The minimum Gasteiger partial charge on any atom is -0.452 e. The van der Waals surface area contributed by atoms with Crippen LogP contribution < -0.4 is 5.32 Å². The quantitative estimate of drug-likeness (QED) is 0.391. The van der Waals surface area contributed by atoms with Crippen molar-refractivity contribution >= 4 is 35.4 Å². The lowest BCUT2D eigenvalue weighted by Gasteiger charge is -2.10. The zero-order valence-electron chi connectivity index (χ0n) is 15.9. The van der Waals surface area contributed by atoms with Crippen molar-refractivity contribution in [1.29, 1.82) is 0 Å². The maximum Gasteiger partial charge on any atom is 0.331 e. The number of thioether (sulfide) groups is 1. The molecule has 1 amide bonds. The highest BCUT2D eigenvalue weighted by Crippen LogP contribution is 2.20. The Bertz CT molecular complexity index is 782. The Morgan fingerprint density at radius 1 is 1.11 bits per heavy atom. The number of anilines is 1. The minimum absolute atomic E-state index is 0.318. The Hall–Kier alpha value is -2.53. The molecular formula is C22H25NO3S. The van der Waals surface area contributed by atoms with Crippen LogP contribution in [0, 0.1) is 0 Å². The van der Waals surface area contributed by atoms with Gasteiger partial charge in [-0.2, -0.15) is 0 Å². The average Bonchev–Trinajstić information content (AvgIpc) is 2.71. The second kappa shape index (κ2) is 10.6. The molecule has 2 rings (SSSR count). The van der Waals surface area contributed by atoms with E-state index in [0.717, 1.165) is 16.9 Å². The molecule has 1 atom stereocenters. The molecule has 0 aliphatic carbocycles. The summed E-state index contributed by atoms with van der Waals surface area (Å²) in [6, 6.07) is 15.5. The Balaban J connectivity index is 1.78. The van der Waals surface area contributed by atoms with Crippen LogP contribution in [0.4, 0.5) is 5.69 Å². The van der Waals surface area contributed by atoms with E-state index in [9.17, 15) is 9.59 Å². The lowest BCUT2D eigenvalue weighted by atomic mass is 9.99. The van der Waals surface area contributed by atoms with Crippen LogP contribution in [0.5, 0.6) is 0 Å². The Morgan fingerprint density at radius 3 is 2.37 bits per heavy atom. The number of esters is 1. The first kappa shape index (κ1) is 20.8. The van der Waals surface area contributed by atoms with Gasteiger partial charge >= 0.3 is 5.97 Å². The normalized spacial score (nSPS) is 12.0. The molecule has 2 aromatic rings. The van der Waals surface area contributed by atoms with Gasteiger partial charge in [-0.3, -0.25) is 4.79 Å². The Labute approximate surface area is 165 Å². The van der Waals surface area contributed by atoms with Gasteiger partial charge in [0.05, 0.1) is 0 Å². The minimum atomic E-state index is -0.550. The zero-order valence-corrected chi connectivity index (χ0v) is 16.7. The highest BCUT2D eigenvalue weighted by molar-refractivity contribution is 7.98. The summed E-state index contributed by atoms with van der Waals surface area (Å²) >= 11 is 1.66. The van der Waals surface area contributed by atoms with Crippen molar-refractivity contribution in [3.05, 3.63) is 65.7 Å². The lowest BCUT2D eigenvalue weighted by Crippen LogP contribution is -2.20. The van der Waals surface area contributed by atoms with Crippen LogP contribution in [0.3, 0.4) is 0 Å². The van der Waals surface area contributed by atoms with E-state index in [4.69, 9.17) is 4.74 Å². The van der Waals surface area contributed by atoms with Crippen molar-refractivity contribution in [3.63, 3.8) is 0 Å². The van der Waals surface area contributed by atoms with Gasteiger partial charge < -0.3 is 10.1 Å². The van der Waals surface area contributed by atoms with Gasteiger partial charge in [0.1, 0.15) is 0 Å². The molecule has 142 valence electrons. The van der Waals surface area contributed by atoms with E-state index in [1.165, 1.54) is 11.6 Å². The summed E-state index contributed by atoms with van der Waals surface area (Å²) in [5.74, 6) is -0.428. The predicted molar refractivity (Wildman–Crippen MR) is 112 cm³/mol. The fourth-order valence-electron chi connectivity index (χ4n) is 2.39. The number of carbonyl (C=O) groups is 2. The smallest absolute Gasteiger partial charge is 0.331 e. The predicted octanol–water partition coefficient (Wildman–Crippen LogP) is 5.12. The summed E-state index contributed by atoms with van der Waals surface area (Å²) in [7, 11) is 0. The standard InChI is InChI=1S/C22H25NO3S/c1-4-16(2)18-8-10-19(11-9-18)23-21(24)15-26-22(25)14-7-17-5-12-20(27-3)13-6-17/h5-14,16H,4,15H2,1-3H3,(H,23,24)/b14-7+/t16-/m1/s1. The van der Waals surface area contributed by atoms with Gasteiger partial charge in [0.2, 0.25) is 0 Å². The molecule has 0 heterocycles. The number of nitrogens with one attached hydrogen (secondary N) is 1. The molecular weight excluding hydrogens is 358 g/mol. The second-order valence-corrected chi connectivity index (χ2v) is 7.07. The van der Waals surface area contributed by atoms with Crippen LogP contribution in [0.15, 0.2) is 59.5 Å². The largest absolute Gasteiger partial charge is 0.452 e. The summed E-state index contributed by atoms with van der Waals surface area (Å²) in [6.45, 7) is 3.99. The van der Waals surface area contributed by atoms with Crippen LogP contribution in [-0.2, 0) is 14.3 Å². The molecule has 0 saturated heterocycles. The van der Waals surface area contributed by atoms with Gasteiger partial charge in [-0.1, -0.05) is 38.1 Å². The highest BCUT2D eigenvalue weighted by atomic mass is 32.2. The van der Waals surface area contributed by atoms with Gasteiger partial charge in [0.25, 0.3) is 5.91 Å². The molecule has 0 bridgehead atoms. The van der Waals surface area contributed by atoms with E-state index >= 15 is 0 Å². The Morgan fingerprint density at radius 2 is 1.78 bits per heavy atom. The third-order valence-corrected chi connectivity index (χ3v) is 4.99.